The summed E-state index contributed by atoms with van der Waals surface area (Å²) in [5, 5.41) is 0. The molecule has 1 aromatic carbocycles. The molecule has 0 saturated carbocycles. The Kier molecular flexibility index (Phi) is 5.25. The molecule has 1 aromatic rings. The standard InChI is InChI=1S/C15H18.C2H6/c1-4-5-13-7-8-14-10-11(2)6-9-15(14)12(13)3;1-2/h5,7-8,11H,1,6,9-10H2,2-3H3;1-2H3. The Balaban J connectivity index is 0.000000686. The first-order chi connectivity index (χ1) is 8.22. The molecule has 0 aromatic heterocycles. The Bertz CT molecular complexity index is 420. The molecule has 1 aliphatic carbocycles. The van der Waals surface area contributed by atoms with Crippen molar-refractivity contribution < 1.29 is 0 Å². The monoisotopic (exact) mass is 228 g/mol. The summed E-state index contributed by atoms with van der Waals surface area (Å²) >= 11 is 0. The van der Waals surface area contributed by atoms with Gasteiger partial charge in [-0.1, -0.05) is 39.5 Å². The van der Waals surface area contributed by atoms with Crippen LogP contribution in [0.5, 0.6) is 0 Å². The number of rotatable bonds is 1. The lowest BCUT2D eigenvalue weighted by Gasteiger charge is -2.23. The van der Waals surface area contributed by atoms with Crippen LogP contribution in [0.2, 0.25) is 0 Å². The highest BCUT2D eigenvalue weighted by atomic mass is 14.2. The normalized spacial score (nSPS) is 17.3. The lowest BCUT2D eigenvalue weighted by atomic mass is 9.81. The Morgan fingerprint density at radius 1 is 1.35 bits per heavy atom. The molecular weight excluding hydrogens is 204 g/mol. The van der Waals surface area contributed by atoms with Crippen LogP contribution in [-0.4, -0.2) is 0 Å². The lowest BCUT2D eigenvalue weighted by Crippen LogP contribution is -2.12. The lowest BCUT2D eigenvalue weighted by molar-refractivity contribution is 0.500. The van der Waals surface area contributed by atoms with Gasteiger partial charge >= 0.3 is 0 Å². The van der Waals surface area contributed by atoms with E-state index in [1.807, 2.05) is 19.9 Å². The molecule has 92 valence electrons. The molecule has 17 heavy (non-hydrogen) atoms. The maximum absolute atomic E-state index is 3.64. The minimum Gasteiger partial charge on any atom is -0.128 e. The SMILES string of the molecule is C=C=Cc1ccc2c(c1C)CCC(C)C2.CC. The molecule has 0 saturated heterocycles. The third kappa shape index (κ3) is 3.11. The zero-order valence-electron chi connectivity index (χ0n) is 11.6. The van der Waals surface area contributed by atoms with Gasteiger partial charge in [-0.2, -0.15) is 0 Å². The Labute approximate surface area is 106 Å². The smallest absolute Gasteiger partial charge is 0.0131 e. The van der Waals surface area contributed by atoms with Gasteiger partial charge in [-0.05, 0) is 60.4 Å². The van der Waals surface area contributed by atoms with Crippen LogP contribution in [0.4, 0.5) is 0 Å². The summed E-state index contributed by atoms with van der Waals surface area (Å²) < 4.78 is 0. The Hall–Kier alpha value is -1.26. The molecule has 0 N–H and O–H groups in total. The average molecular weight is 228 g/mol. The van der Waals surface area contributed by atoms with Crippen molar-refractivity contribution in [1.82, 2.24) is 0 Å². The van der Waals surface area contributed by atoms with Crippen molar-refractivity contribution in [2.24, 2.45) is 5.92 Å². The fourth-order valence-electron chi connectivity index (χ4n) is 2.50. The fourth-order valence-corrected chi connectivity index (χ4v) is 2.50. The summed E-state index contributed by atoms with van der Waals surface area (Å²) in [6.07, 6.45) is 5.79. The molecule has 0 radical (unpaired) electrons. The first-order valence-electron chi connectivity index (χ1n) is 6.69. The van der Waals surface area contributed by atoms with E-state index in [9.17, 15) is 0 Å². The summed E-state index contributed by atoms with van der Waals surface area (Å²) in [6, 6.07) is 4.48. The van der Waals surface area contributed by atoms with E-state index in [0.717, 1.165) is 5.92 Å². The van der Waals surface area contributed by atoms with Crippen molar-refractivity contribution in [2.45, 2.75) is 47.0 Å². The topological polar surface area (TPSA) is 0 Å². The summed E-state index contributed by atoms with van der Waals surface area (Å²) in [4.78, 5) is 0. The molecule has 0 fully saturated rings. The molecule has 0 nitrogen and oxygen atoms in total. The van der Waals surface area contributed by atoms with Gasteiger partial charge in [0.2, 0.25) is 0 Å². The Morgan fingerprint density at radius 3 is 2.71 bits per heavy atom. The van der Waals surface area contributed by atoms with Crippen molar-refractivity contribution in [3.63, 3.8) is 0 Å². The second-order valence-electron chi connectivity index (χ2n) is 4.61. The van der Waals surface area contributed by atoms with Gasteiger partial charge in [0.1, 0.15) is 0 Å². The van der Waals surface area contributed by atoms with Crippen LogP contribution in [0.3, 0.4) is 0 Å². The average Bonchev–Trinajstić information content (AvgIpc) is 2.35. The minimum absolute atomic E-state index is 0.845. The summed E-state index contributed by atoms with van der Waals surface area (Å²) in [5.41, 5.74) is 8.68. The molecule has 1 aliphatic rings. The first-order valence-corrected chi connectivity index (χ1v) is 6.69. The molecule has 0 spiro atoms. The maximum Gasteiger partial charge on any atom is -0.0131 e. The van der Waals surface area contributed by atoms with E-state index in [1.54, 1.807) is 11.1 Å². The van der Waals surface area contributed by atoms with E-state index in [4.69, 9.17) is 0 Å². The van der Waals surface area contributed by atoms with Crippen molar-refractivity contribution in [3.8, 4) is 0 Å². The predicted molar refractivity (Wildman–Crippen MR) is 77.3 cm³/mol. The maximum atomic E-state index is 3.64. The van der Waals surface area contributed by atoms with Gasteiger partial charge in [0.15, 0.2) is 0 Å². The number of fused-ring (bicyclic) bond motifs is 1. The summed E-state index contributed by atoms with van der Waals surface area (Å²) in [5.74, 6) is 0.845. The van der Waals surface area contributed by atoms with E-state index in [1.165, 1.54) is 30.4 Å². The molecule has 1 unspecified atom stereocenters. The third-order valence-corrected chi connectivity index (χ3v) is 3.45. The highest BCUT2D eigenvalue weighted by Gasteiger charge is 2.17. The van der Waals surface area contributed by atoms with Crippen molar-refractivity contribution in [1.29, 1.82) is 0 Å². The molecule has 2 rings (SSSR count). The van der Waals surface area contributed by atoms with E-state index in [-0.39, 0.29) is 0 Å². The zero-order chi connectivity index (χ0) is 12.8. The first kappa shape index (κ1) is 13.8. The van der Waals surface area contributed by atoms with Gasteiger partial charge in [0.05, 0.1) is 0 Å². The molecular formula is C17H24. The second-order valence-corrected chi connectivity index (χ2v) is 4.61. The fraction of sp³-hybridized carbons (Fsp3) is 0.471. The molecule has 0 bridgehead atoms. The number of benzene rings is 1. The molecule has 0 heteroatoms. The van der Waals surface area contributed by atoms with Gasteiger partial charge in [0.25, 0.3) is 0 Å². The van der Waals surface area contributed by atoms with E-state index < -0.39 is 0 Å². The number of hydrogen-bond donors (Lipinski definition) is 0. The van der Waals surface area contributed by atoms with Crippen LogP contribution >= 0.6 is 0 Å². The van der Waals surface area contributed by atoms with Gasteiger partial charge in [-0.25, -0.2) is 0 Å². The minimum atomic E-state index is 0.845. The van der Waals surface area contributed by atoms with Gasteiger partial charge in [-0.3, -0.25) is 0 Å². The van der Waals surface area contributed by atoms with Crippen LogP contribution in [0.1, 0.15) is 49.4 Å². The van der Waals surface area contributed by atoms with E-state index in [2.05, 4.69) is 38.3 Å². The van der Waals surface area contributed by atoms with Gasteiger partial charge in [0, 0.05) is 0 Å². The van der Waals surface area contributed by atoms with E-state index >= 15 is 0 Å². The van der Waals surface area contributed by atoms with Crippen molar-refractivity contribution in [3.05, 3.63) is 46.7 Å². The predicted octanol–water partition coefficient (Wildman–Crippen LogP) is 4.94. The molecule has 0 amide bonds. The van der Waals surface area contributed by atoms with Crippen LogP contribution < -0.4 is 0 Å². The quantitative estimate of drug-likeness (QED) is 0.597. The zero-order valence-corrected chi connectivity index (χ0v) is 11.6. The highest BCUT2D eigenvalue weighted by molar-refractivity contribution is 5.57. The molecule has 0 aliphatic heterocycles. The van der Waals surface area contributed by atoms with Crippen LogP contribution in [-0.2, 0) is 12.8 Å². The van der Waals surface area contributed by atoms with Crippen LogP contribution in [0.15, 0.2) is 24.4 Å². The van der Waals surface area contributed by atoms with Gasteiger partial charge in [-0.15, -0.1) is 5.73 Å². The van der Waals surface area contributed by atoms with Gasteiger partial charge < -0.3 is 0 Å². The Morgan fingerprint density at radius 2 is 2.06 bits per heavy atom. The van der Waals surface area contributed by atoms with Crippen molar-refractivity contribution >= 4 is 6.08 Å². The second kappa shape index (κ2) is 6.47. The highest BCUT2D eigenvalue weighted by Crippen LogP contribution is 2.29. The third-order valence-electron chi connectivity index (χ3n) is 3.45. The summed E-state index contributed by atoms with van der Waals surface area (Å²) in [6.45, 7) is 12.2. The van der Waals surface area contributed by atoms with Crippen molar-refractivity contribution in [2.75, 3.05) is 0 Å². The summed E-state index contributed by atoms with van der Waals surface area (Å²) in [7, 11) is 0. The number of hydrogen-bond acceptors (Lipinski definition) is 0. The van der Waals surface area contributed by atoms with E-state index in [0.29, 0.717) is 0 Å². The largest absolute Gasteiger partial charge is 0.128 e. The van der Waals surface area contributed by atoms with Crippen LogP contribution in [0.25, 0.3) is 6.08 Å². The van der Waals surface area contributed by atoms with Crippen LogP contribution in [0, 0.1) is 12.8 Å². The molecule has 0 heterocycles. The molecule has 1 atom stereocenters.